The van der Waals surface area contributed by atoms with E-state index >= 15 is 0 Å². The van der Waals surface area contributed by atoms with Gasteiger partial charge in [0.1, 0.15) is 5.82 Å². The van der Waals surface area contributed by atoms with Crippen LogP contribution in [0.2, 0.25) is 0 Å². The number of nitrogens with zero attached hydrogens (tertiary/aromatic N) is 1. The first kappa shape index (κ1) is 14.6. The molecule has 2 aromatic rings. The Bertz CT molecular complexity index is 632. The van der Waals surface area contributed by atoms with E-state index in [9.17, 15) is 14.0 Å². The summed E-state index contributed by atoms with van der Waals surface area (Å²) < 4.78 is 13.0. The average Bonchev–Trinajstić information content (AvgIpc) is 2.52. The summed E-state index contributed by atoms with van der Waals surface area (Å²) in [6.45, 7) is 0.524. The zero-order valence-corrected chi connectivity index (χ0v) is 11.2. The van der Waals surface area contributed by atoms with Crippen molar-refractivity contribution in [3.05, 3.63) is 65.7 Å². The van der Waals surface area contributed by atoms with Crippen molar-refractivity contribution in [2.45, 2.75) is 0 Å². The van der Waals surface area contributed by atoms with Gasteiger partial charge in [0.05, 0.1) is 5.56 Å². The van der Waals surface area contributed by atoms with Crippen LogP contribution in [0, 0.1) is 5.82 Å². The topological polar surface area (TPSA) is 71.1 Å². The molecule has 1 aromatic carbocycles. The van der Waals surface area contributed by atoms with Crippen LogP contribution in [-0.2, 0) is 0 Å². The highest BCUT2D eigenvalue weighted by molar-refractivity contribution is 5.95. The predicted molar refractivity (Wildman–Crippen MR) is 75.3 cm³/mol. The molecule has 0 bridgehead atoms. The van der Waals surface area contributed by atoms with Gasteiger partial charge in [-0.2, -0.15) is 0 Å². The summed E-state index contributed by atoms with van der Waals surface area (Å²) in [7, 11) is 0. The number of aromatic nitrogens is 1. The third kappa shape index (κ3) is 4.38. The molecule has 0 spiro atoms. The quantitative estimate of drug-likeness (QED) is 0.816. The number of benzene rings is 1. The molecule has 0 fully saturated rings. The van der Waals surface area contributed by atoms with Crippen molar-refractivity contribution in [3.8, 4) is 0 Å². The van der Waals surface area contributed by atoms with Gasteiger partial charge in [0, 0.05) is 31.0 Å². The number of rotatable bonds is 5. The molecule has 0 aliphatic heterocycles. The highest BCUT2D eigenvalue weighted by atomic mass is 19.1. The summed E-state index contributed by atoms with van der Waals surface area (Å²) in [6, 6.07) is 8.73. The predicted octanol–water partition coefficient (Wildman–Crippen LogP) is 1.38. The Morgan fingerprint density at radius 2 is 1.67 bits per heavy atom. The Morgan fingerprint density at radius 1 is 1.00 bits per heavy atom. The minimum Gasteiger partial charge on any atom is -0.350 e. The summed E-state index contributed by atoms with van der Waals surface area (Å²) in [6.07, 6.45) is 3.04. The van der Waals surface area contributed by atoms with E-state index in [1.54, 1.807) is 18.3 Å². The van der Waals surface area contributed by atoms with Crippen molar-refractivity contribution in [1.29, 1.82) is 0 Å². The molecule has 0 saturated heterocycles. The minimum atomic E-state index is -0.465. The van der Waals surface area contributed by atoms with Crippen LogP contribution in [-0.4, -0.2) is 29.9 Å². The van der Waals surface area contributed by atoms with Gasteiger partial charge in [-0.3, -0.25) is 14.6 Å². The number of halogens is 1. The van der Waals surface area contributed by atoms with Gasteiger partial charge in [-0.15, -0.1) is 0 Å². The lowest BCUT2D eigenvalue weighted by Crippen LogP contribution is -2.34. The number of amides is 2. The van der Waals surface area contributed by atoms with E-state index in [2.05, 4.69) is 15.6 Å². The maximum atomic E-state index is 13.0. The molecule has 2 N–H and O–H groups in total. The van der Waals surface area contributed by atoms with Crippen LogP contribution in [0.1, 0.15) is 20.7 Å². The summed E-state index contributed by atoms with van der Waals surface area (Å²) in [5.41, 5.74) is 0.697. The fourth-order valence-electron chi connectivity index (χ4n) is 1.68. The summed E-state index contributed by atoms with van der Waals surface area (Å²) in [5, 5.41) is 5.25. The summed E-state index contributed by atoms with van der Waals surface area (Å²) in [4.78, 5) is 27.2. The van der Waals surface area contributed by atoms with Crippen molar-refractivity contribution >= 4 is 11.8 Å². The lowest BCUT2D eigenvalue weighted by atomic mass is 10.2. The molecule has 0 radical (unpaired) electrons. The van der Waals surface area contributed by atoms with Crippen LogP contribution in [0.15, 0.2) is 48.8 Å². The summed E-state index contributed by atoms with van der Waals surface area (Å²) >= 11 is 0. The monoisotopic (exact) mass is 287 g/mol. The molecule has 108 valence electrons. The van der Waals surface area contributed by atoms with Crippen LogP contribution in [0.25, 0.3) is 0 Å². The lowest BCUT2D eigenvalue weighted by Gasteiger charge is -2.07. The molecule has 2 rings (SSSR count). The maximum Gasteiger partial charge on any atom is 0.252 e. The van der Waals surface area contributed by atoms with E-state index < -0.39 is 5.82 Å². The highest BCUT2D eigenvalue weighted by Crippen LogP contribution is 2.02. The number of carbonyl (C=O) groups excluding carboxylic acids is 2. The van der Waals surface area contributed by atoms with Gasteiger partial charge in [0.2, 0.25) is 0 Å². The molecule has 0 saturated carbocycles. The Hall–Kier alpha value is -2.76. The molecule has 21 heavy (non-hydrogen) atoms. The van der Waals surface area contributed by atoms with Gasteiger partial charge in [-0.25, -0.2) is 4.39 Å². The molecule has 2 amide bonds. The van der Waals surface area contributed by atoms with Crippen molar-refractivity contribution in [1.82, 2.24) is 15.6 Å². The van der Waals surface area contributed by atoms with Crippen LogP contribution in [0.5, 0.6) is 0 Å². The van der Waals surface area contributed by atoms with Gasteiger partial charge in [-0.05, 0) is 30.3 Å². The number of nitrogens with one attached hydrogen (secondary N) is 2. The number of hydrogen-bond acceptors (Lipinski definition) is 3. The van der Waals surface area contributed by atoms with Gasteiger partial charge >= 0.3 is 0 Å². The zero-order chi connectivity index (χ0) is 15.1. The first-order valence-electron chi connectivity index (χ1n) is 6.39. The van der Waals surface area contributed by atoms with E-state index in [0.717, 1.165) is 6.07 Å². The largest absolute Gasteiger partial charge is 0.350 e. The number of hydrogen-bond donors (Lipinski definition) is 2. The molecular weight excluding hydrogens is 273 g/mol. The molecule has 1 heterocycles. The van der Waals surface area contributed by atoms with Crippen molar-refractivity contribution < 1.29 is 14.0 Å². The van der Waals surface area contributed by atoms with E-state index in [-0.39, 0.29) is 30.5 Å². The highest BCUT2D eigenvalue weighted by Gasteiger charge is 2.07. The lowest BCUT2D eigenvalue weighted by molar-refractivity contribution is 0.0927. The second kappa shape index (κ2) is 7.14. The average molecular weight is 287 g/mol. The van der Waals surface area contributed by atoms with Gasteiger partial charge in [0.15, 0.2) is 0 Å². The SMILES string of the molecule is O=C(NCCNC(=O)c1cccc(F)c1)c1cccnc1. The van der Waals surface area contributed by atoms with Crippen molar-refractivity contribution in [2.24, 2.45) is 0 Å². The molecule has 1 aromatic heterocycles. The maximum absolute atomic E-state index is 13.0. The van der Waals surface area contributed by atoms with E-state index in [1.807, 2.05) is 0 Å². The van der Waals surface area contributed by atoms with Crippen molar-refractivity contribution in [2.75, 3.05) is 13.1 Å². The fraction of sp³-hybridized carbons (Fsp3) is 0.133. The van der Waals surface area contributed by atoms with E-state index in [0.29, 0.717) is 5.56 Å². The van der Waals surface area contributed by atoms with Crippen LogP contribution >= 0.6 is 0 Å². The minimum absolute atomic E-state index is 0.244. The summed E-state index contributed by atoms with van der Waals surface area (Å²) in [5.74, 6) is -1.11. The molecule has 0 unspecified atom stereocenters. The third-order valence-corrected chi connectivity index (χ3v) is 2.71. The number of carbonyl (C=O) groups is 2. The Kier molecular flexibility index (Phi) is 4.98. The standard InChI is InChI=1S/C15H14FN3O2/c16-13-5-1-3-11(9-13)14(20)18-7-8-19-15(21)12-4-2-6-17-10-12/h1-6,9-10H,7-8H2,(H,18,20)(H,19,21). The van der Waals surface area contributed by atoms with Crippen molar-refractivity contribution in [3.63, 3.8) is 0 Å². The van der Waals surface area contributed by atoms with Crippen LogP contribution < -0.4 is 10.6 Å². The Morgan fingerprint density at radius 3 is 2.29 bits per heavy atom. The number of pyridine rings is 1. The second-order valence-corrected chi connectivity index (χ2v) is 4.26. The molecule has 0 aliphatic carbocycles. The first-order valence-corrected chi connectivity index (χ1v) is 6.39. The van der Waals surface area contributed by atoms with E-state index in [4.69, 9.17) is 0 Å². The Labute approximate surface area is 121 Å². The van der Waals surface area contributed by atoms with E-state index in [1.165, 1.54) is 24.4 Å². The second-order valence-electron chi connectivity index (χ2n) is 4.26. The van der Waals surface area contributed by atoms with Gasteiger partial charge in [-0.1, -0.05) is 6.07 Å². The van der Waals surface area contributed by atoms with Gasteiger partial charge < -0.3 is 10.6 Å². The Balaban J connectivity index is 1.75. The van der Waals surface area contributed by atoms with Gasteiger partial charge in [0.25, 0.3) is 11.8 Å². The fourth-order valence-corrected chi connectivity index (χ4v) is 1.68. The molecule has 5 nitrogen and oxygen atoms in total. The molecule has 0 aliphatic rings. The molecule has 6 heteroatoms. The zero-order valence-electron chi connectivity index (χ0n) is 11.2. The molecular formula is C15H14FN3O2. The van der Waals surface area contributed by atoms with Crippen LogP contribution in [0.3, 0.4) is 0 Å². The third-order valence-electron chi connectivity index (χ3n) is 2.71. The molecule has 0 atom stereocenters. The van der Waals surface area contributed by atoms with Crippen LogP contribution in [0.4, 0.5) is 4.39 Å². The smallest absolute Gasteiger partial charge is 0.252 e. The first-order chi connectivity index (χ1) is 10.2. The normalized spacial score (nSPS) is 9.95.